The zero-order valence-electron chi connectivity index (χ0n) is 11.2. The molecule has 0 saturated carbocycles. The van der Waals surface area contributed by atoms with E-state index in [0.717, 1.165) is 16.7 Å². The van der Waals surface area contributed by atoms with Gasteiger partial charge in [-0.1, -0.05) is 17.7 Å². The van der Waals surface area contributed by atoms with Crippen LogP contribution in [0.2, 0.25) is 0 Å². The SMILES string of the molecule is COC(OC)C(=O)Cc1c(C)cc(C)cc1C. The molecule has 0 saturated heterocycles. The summed E-state index contributed by atoms with van der Waals surface area (Å²) in [5.74, 6) is -0.0509. The van der Waals surface area contributed by atoms with E-state index in [-0.39, 0.29) is 5.78 Å². The highest BCUT2D eigenvalue weighted by Crippen LogP contribution is 2.18. The van der Waals surface area contributed by atoms with E-state index in [0.29, 0.717) is 6.42 Å². The van der Waals surface area contributed by atoms with Gasteiger partial charge in [-0.25, -0.2) is 0 Å². The predicted molar refractivity (Wildman–Crippen MR) is 67.2 cm³/mol. The third-order valence-corrected chi connectivity index (χ3v) is 2.88. The van der Waals surface area contributed by atoms with Crippen molar-refractivity contribution in [1.82, 2.24) is 0 Å². The molecular weight excluding hydrogens is 216 g/mol. The summed E-state index contributed by atoms with van der Waals surface area (Å²) in [5.41, 5.74) is 4.56. The minimum atomic E-state index is -0.768. The van der Waals surface area contributed by atoms with Crippen LogP contribution in [0.3, 0.4) is 0 Å². The Labute approximate surface area is 103 Å². The highest BCUT2D eigenvalue weighted by molar-refractivity contribution is 5.84. The van der Waals surface area contributed by atoms with Crippen LogP contribution in [0, 0.1) is 20.8 Å². The number of ether oxygens (including phenoxy) is 2. The molecule has 0 fully saturated rings. The number of rotatable bonds is 5. The fraction of sp³-hybridized carbons (Fsp3) is 0.500. The van der Waals surface area contributed by atoms with Crippen LogP contribution in [0.4, 0.5) is 0 Å². The second-order valence-electron chi connectivity index (χ2n) is 4.32. The molecule has 0 atom stereocenters. The van der Waals surface area contributed by atoms with E-state index in [2.05, 4.69) is 19.1 Å². The van der Waals surface area contributed by atoms with Gasteiger partial charge in [0.1, 0.15) is 0 Å². The molecular formula is C14H20O3. The van der Waals surface area contributed by atoms with Crippen molar-refractivity contribution >= 4 is 5.78 Å². The highest BCUT2D eigenvalue weighted by Gasteiger charge is 2.18. The Kier molecular flexibility index (Phi) is 4.85. The van der Waals surface area contributed by atoms with E-state index < -0.39 is 6.29 Å². The largest absolute Gasteiger partial charge is 0.349 e. The molecule has 0 aliphatic carbocycles. The lowest BCUT2D eigenvalue weighted by atomic mass is 9.96. The molecule has 3 nitrogen and oxygen atoms in total. The smallest absolute Gasteiger partial charge is 0.217 e. The van der Waals surface area contributed by atoms with Gasteiger partial charge in [-0.15, -0.1) is 0 Å². The molecule has 17 heavy (non-hydrogen) atoms. The van der Waals surface area contributed by atoms with Gasteiger partial charge < -0.3 is 9.47 Å². The summed E-state index contributed by atoms with van der Waals surface area (Å²) in [4.78, 5) is 11.9. The Bertz CT molecular complexity index is 383. The fourth-order valence-electron chi connectivity index (χ4n) is 2.11. The second kappa shape index (κ2) is 5.94. The minimum absolute atomic E-state index is 0.0509. The molecule has 0 radical (unpaired) electrons. The lowest BCUT2D eigenvalue weighted by molar-refractivity contribution is -0.155. The third kappa shape index (κ3) is 3.38. The van der Waals surface area contributed by atoms with Crippen molar-refractivity contribution in [2.75, 3.05) is 14.2 Å². The molecule has 0 spiro atoms. The monoisotopic (exact) mass is 236 g/mol. The first-order valence-electron chi connectivity index (χ1n) is 5.64. The van der Waals surface area contributed by atoms with Crippen LogP contribution in [0.15, 0.2) is 12.1 Å². The summed E-state index contributed by atoms with van der Waals surface area (Å²) in [5, 5.41) is 0. The Morgan fingerprint density at radius 3 is 2.00 bits per heavy atom. The van der Waals surface area contributed by atoms with Gasteiger partial charge in [0, 0.05) is 20.6 Å². The van der Waals surface area contributed by atoms with Crippen LogP contribution in [0.25, 0.3) is 0 Å². The maximum atomic E-state index is 11.9. The molecule has 0 N–H and O–H groups in total. The number of methoxy groups -OCH3 is 2. The molecule has 0 heterocycles. The van der Waals surface area contributed by atoms with E-state index in [4.69, 9.17) is 9.47 Å². The van der Waals surface area contributed by atoms with Crippen LogP contribution in [0.1, 0.15) is 22.3 Å². The van der Waals surface area contributed by atoms with Gasteiger partial charge in [0.25, 0.3) is 0 Å². The number of aryl methyl sites for hydroxylation is 3. The van der Waals surface area contributed by atoms with Gasteiger partial charge in [-0.2, -0.15) is 0 Å². The van der Waals surface area contributed by atoms with Crippen LogP contribution >= 0.6 is 0 Å². The van der Waals surface area contributed by atoms with Gasteiger partial charge in [-0.05, 0) is 37.5 Å². The molecule has 0 aliphatic heterocycles. The van der Waals surface area contributed by atoms with Gasteiger partial charge in [0.2, 0.25) is 6.29 Å². The summed E-state index contributed by atoms with van der Waals surface area (Å²) >= 11 is 0. The summed E-state index contributed by atoms with van der Waals surface area (Å²) in [6.07, 6.45) is -0.417. The van der Waals surface area contributed by atoms with Crippen LogP contribution < -0.4 is 0 Å². The Hall–Kier alpha value is -1.19. The molecule has 0 unspecified atom stereocenters. The van der Waals surface area contributed by atoms with E-state index in [9.17, 15) is 4.79 Å². The third-order valence-electron chi connectivity index (χ3n) is 2.88. The number of Topliss-reactive ketones (excluding diaryl/α,β-unsaturated/α-hetero) is 1. The maximum absolute atomic E-state index is 11.9. The normalized spacial score (nSPS) is 10.9. The lowest BCUT2D eigenvalue weighted by Gasteiger charge is -2.15. The van der Waals surface area contributed by atoms with Crippen molar-refractivity contribution in [2.45, 2.75) is 33.5 Å². The van der Waals surface area contributed by atoms with Crippen LogP contribution in [-0.4, -0.2) is 26.3 Å². The summed E-state index contributed by atoms with van der Waals surface area (Å²) in [6, 6.07) is 4.18. The van der Waals surface area contributed by atoms with Crippen molar-refractivity contribution in [3.05, 3.63) is 34.4 Å². The van der Waals surface area contributed by atoms with Gasteiger partial charge >= 0.3 is 0 Å². The first-order chi connectivity index (χ1) is 7.99. The number of hydrogen-bond acceptors (Lipinski definition) is 3. The zero-order chi connectivity index (χ0) is 13.0. The van der Waals surface area contributed by atoms with E-state index >= 15 is 0 Å². The molecule has 1 rings (SSSR count). The Morgan fingerprint density at radius 2 is 1.59 bits per heavy atom. The summed E-state index contributed by atoms with van der Waals surface area (Å²) in [7, 11) is 2.95. The minimum Gasteiger partial charge on any atom is -0.349 e. The van der Waals surface area contributed by atoms with Crippen molar-refractivity contribution < 1.29 is 14.3 Å². The Morgan fingerprint density at radius 1 is 1.12 bits per heavy atom. The standard InChI is InChI=1S/C14H20O3/c1-9-6-10(2)12(11(3)7-9)8-13(15)14(16-4)17-5/h6-7,14H,8H2,1-5H3. The van der Waals surface area contributed by atoms with Crippen molar-refractivity contribution in [3.8, 4) is 0 Å². The molecule has 1 aromatic carbocycles. The predicted octanol–water partition coefficient (Wildman–Crippen LogP) is 2.34. The van der Waals surface area contributed by atoms with Crippen molar-refractivity contribution in [3.63, 3.8) is 0 Å². The molecule has 0 amide bonds. The van der Waals surface area contributed by atoms with Gasteiger partial charge in [0.15, 0.2) is 5.78 Å². The van der Waals surface area contributed by atoms with Crippen molar-refractivity contribution in [2.24, 2.45) is 0 Å². The summed E-state index contributed by atoms with van der Waals surface area (Å²) in [6.45, 7) is 6.10. The molecule has 3 heteroatoms. The molecule has 94 valence electrons. The number of ketones is 1. The number of hydrogen-bond donors (Lipinski definition) is 0. The average Bonchev–Trinajstić information content (AvgIpc) is 2.25. The molecule has 0 bridgehead atoms. The van der Waals surface area contributed by atoms with Gasteiger partial charge in [0.05, 0.1) is 0 Å². The van der Waals surface area contributed by atoms with Crippen molar-refractivity contribution in [1.29, 1.82) is 0 Å². The average molecular weight is 236 g/mol. The lowest BCUT2D eigenvalue weighted by Crippen LogP contribution is -2.27. The first kappa shape index (κ1) is 13.9. The van der Waals surface area contributed by atoms with Crippen LogP contribution in [0.5, 0.6) is 0 Å². The quantitative estimate of drug-likeness (QED) is 0.736. The number of benzene rings is 1. The topological polar surface area (TPSA) is 35.5 Å². The molecule has 0 aromatic heterocycles. The van der Waals surface area contributed by atoms with Crippen LogP contribution in [-0.2, 0) is 20.7 Å². The van der Waals surface area contributed by atoms with E-state index in [1.54, 1.807) is 0 Å². The number of carbonyl (C=O) groups is 1. The second-order valence-corrected chi connectivity index (χ2v) is 4.32. The fourth-order valence-corrected chi connectivity index (χ4v) is 2.11. The van der Waals surface area contributed by atoms with E-state index in [1.807, 2.05) is 13.8 Å². The highest BCUT2D eigenvalue weighted by atomic mass is 16.7. The molecule has 1 aromatic rings. The zero-order valence-corrected chi connectivity index (χ0v) is 11.2. The van der Waals surface area contributed by atoms with Gasteiger partial charge in [-0.3, -0.25) is 4.79 Å². The maximum Gasteiger partial charge on any atom is 0.217 e. The van der Waals surface area contributed by atoms with E-state index in [1.165, 1.54) is 19.8 Å². The summed E-state index contributed by atoms with van der Waals surface area (Å²) < 4.78 is 9.93. The number of carbonyl (C=O) groups excluding carboxylic acids is 1. The first-order valence-corrected chi connectivity index (χ1v) is 5.64. The molecule has 0 aliphatic rings. The Balaban J connectivity index is 2.92.